The van der Waals surface area contributed by atoms with Crippen LogP contribution in [0.15, 0.2) is 72.8 Å². The van der Waals surface area contributed by atoms with Crippen LogP contribution in [0.5, 0.6) is 0 Å². The topological polar surface area (TPSA) is 15.8 Å². The second-order valence-corrected chi connectivity index (χ2v) is 12.3. The molecular formula is C33H27N. The number of hydrogen-bond donors (Lipinski definition) is 1. The Morgan fingerprint density at radius 3 is 2.24 bits per heavy atom. The molecule has 0 aliphatic heterocycles. The number of hydrogen-bond acceptors (Lipinski definition) is 0. The zero-order chi connectivity index (χ0) is 21.8. The summed E-state index contributed by atoms with van der Waals surface area (Å²) in [6.45, 7) is 0. The summed E-state index contributed by atoms with van der Waals surface area (Å²) in [5.74, 6) is 3.69. The summed E-state index contributed by atoms with van der Waals surface area (Å²) in [6, 6.07) is 28.0. The molecule has 4 atom stereocenters. The van der Waals surface area contributed by atoms with Crippen molar-refractivity contribution in [2.45, 2.75) is 37.5 Å². The van der Waals surface area contributed by atoms with E-state index < -0.39 is 0 Å². The van der Waals surface area contributed by atoms with E-state index in [1.807, 2.05) is 0 Å². The van der Waals surface area contributed by atoms with Gasteiger partial charge in [0.05, 0.1) is 11.0 Å². The minimum Gasteiger partial charge on any atom is -0.353 e. The smallest absolute Gasteiger partial charge is 0.0547 e. The maximum atomic E-state index is 3.98. The van der Waals surface area contributed by atoms with E-state index in [1.54, 1.807) is 11.1 Å². The molecule has 1 nitrogen and oxygen atoms in total. The molecule has 4 fully saturated rings. The van der Waals surface area contributed by atoms with Gasteiger partial charge in [0.15, 0.2) is 0 Å². The first-order chi connectivity index (χ1) is 16.8. The number of H-pyrrole nitrogens is 1. The van der Waals surface area contributed by atoms with Crippen molar-refractivity contribution in [3.05, 3.63) is 83.9 Å². The lowest BCUT2D eigenvalue weighted by atomic mass is 9.38. The van der Waals surface area contributed by atoms with Crippen LogP contribution >= 0.6 is 0 Å². The fourth-order valence-corrected chi connectivity index (χ4v) is 10.8. The quantitative estimate of drug-likeness (QED) is 0.251. The van der Waals surface area contributed by atoms with Crippen molar-refractivity contribution in [3.8, 4) is 11.1 Å². The zero-order valence-electron chi connectivity index (χ0n) is 19.3. The molecule has 1 N–H and O–H groups in total. The molecule has 5 aromatic rings. The number of nitrogens with one attached hydrogen (secondary N) is 1. The molecule has 3 bridgehead atoms. The van der Waals surface area contributed by atoms with Gasteiger partial charge in [0.25, 0.3) is 0 Å². The lowest BCUT2D eigenvalue weighted by Crippen LogP contribution is -2.62. The van der Waals surface area contributed by atoms with E-state index in [-0.39, 0.29) is 5.41 Å². The lowest BCUT2D eigenvalue weighted by Gasteiger charge is -2.64. The molecule has 1 aromatic heterocycles. The van der Waals surface area contributed by atoms with Crippen LogP contribution in [0, 0.1) is 29.1 Å². The molecule has 0 radical (unpaired) electrons. The van der Waals surface area contributed by atoms with Gasteiger partial charge < -0.3 is 4.98 Å². The van der Waals surface area contributed by atoms with Crippen LogP contribution in [0.4, 0.5) is 0 Å². The van der Waals surface area contributed by atoms with Gasteiger partial charge >= 0.3 is 0 Å². The van der Waals surface area contributed by atoms with Gasteiger partial charge in [-0.25, -0.2) is 0 Å². The minimum atomic E-state index is 0.267. The first-order valence-corrected chi connectivity index (χ1v) is 13.4. The fourth-order valence-electron chi connectivity index (χ4n) is 10.8. The van der Waals surface area contributed by atoms with Gasteiger partial charge in [-0.2, -0.15) is 0 Å². The van der Waals surface area contributed by atoms with Crippen molar-refractivity contribution < 1.29 is 0 Å². The molecule has 4 unspecified atom stereocenters. The molecule has 34 heavy (non-hydrogen) atoms. The third-order valence-electron chi connectivity index (χ3n) is 11.4. The third kappa shape index (κ3) is 1.60. The molecule has 5 aliphatic carbocycles. The van der Waals surface area contributed by atoms with Crippen LogP contribution in [0.2, 0.25) is 0 Å². The number of aromatic amines is 1. The van der Waals surface area contributed by atoms with Crippen molar-refractivity contribution in [3.63, 3.8) is 0 Å². The van der Waals surface area contributed by atoms with E-state index in [0.29, 0.717) is 5.41 Å². The fraction of sp³-hybridized carbons (Fsp3) is 0.333. The first kappa shape index (κ1) is 17.4. The van der Waals surface area contributed by atoms with Crippen molar-refractivity contribution in [2.75, 3.05) is 0 Å². The average Bonchev–Trinajstić information content (AvgIpc) is 3.53. The Kier molecular flexibility index (Phi) is 2.70. The van der Waals surface area contributed by atoms with E-state index in [4.69, 9.17) is 0 Å². The molecule has 5 aliphatic rings. The van der Waals surface area contributed by atoms with E-state index in [0.717, 1.165) is 23.7 Å². The maximum Gasteiger partial charge on any atom is 0.0547 e. The monoisotopic (exact) mass is 437 g/mol. The zero-order valence-corrected chi connectivity index (χ0v) is 19.3. The van der Waals surface area contributed by atoms with Gasteiger partial charge in [0.1, 0.15) is 0 Å². The summed E-state index contributed by atoms with van der Waals surface area (Å²) in [7, 11) is 0. The SMILES string of the molecule is c1ccc2c(c1)-c1c(ccc3c1[nH]c1c4ccccc4ccc31)C21C2CC3CC4CC1C2(C3)C4. The Labute approximate surface area is 199 Å². The van der Waals surface area contributed by atoms with E-state index in [2.05, 4.69) is 77.8 Å². The van der Waals surface area contributed by atoms with E-state index in [1.165, 1.54) is 75.8 Å². The van der Waals surface area contributed by atoms with Gasteiger partial charge in [-0.1, -0.05) is 72.8 Å². The van der Waals surface area contributed by atoms with Gasteiger partial charge in [0, 0.05) is 27.1 Å². The normalized spacial score (nSPS) is 35.9. The van der Waals surface area contributed by atoms with Crippen LogP contribution in [0.3, 0.4) is 0 Å². The highest BCUT2D eigenvalue weighted by atomic mass is 14.8. The minimum absolute atomic E-state index is 0.267. The molecular weight excluding hydrogens is 410 g/mol. The Balaban J connectivity index is 1.34. The second-order valence-electron chi connectivity index (χ2n) is 12.3. The molecule has 0 saturated heterocycles. The Hall–Kier alpha value is -3.06. The standard InChI is InChI=1S/C33H27N/c1-2-6-21-20(5-1)9-10-22-23-11-12-26-29(31(23)34-30(21)22)24-7-3-4-8-25(24)33(26)27-14-18-13-19-15-28(33)32(27,16-18)17-19/h1-12,18-19,27-28,34H,13-17H2. The first-order valence-electron chi connectivity index (χ1n) is 13.4. The van der Waals surface area contributed by atoms with Crippen LogP contribution in [0.25, 0.3) is 43.7 Å². The lowest BCUT2D eigenvalue weighted by molar-refractivity contribution is -0.0820. The van der Waals surface area contributed by atoms with Crippen molar-refractivity contribution in [1.82, 2.24) is 4.98 Å². The highest BCUT2D eigenvalue weighted by Gasteiger charge is 2.79. The summed E-state index contributed by atoms with van der Waals surface area (Å²) < 4.78 is 0. The molecule has 164 valence electrons. The highest BCUT2D eigenvalue weighted by molar-refractivity contribution is 6.20. The molecule has 1 heterocycles. The maximum absolute atomic E-state index is 3.98. The highest BCUT2D eigenvalue weighted by Crippen LogP contribution is 2.85. The summed E-state index contributed by atoms with van der Waals surface area (Å²) in [5.41, 5.74) is 9.95. The van der Waals surface area contributed by atoms with Crippen molar-refractivity contribution in [1.29, 1.82) is 0 Å². The van der Waals surface area contributed by atoms with Crippen molar-refractivity contribution >= 4 is 32.6 Å². The van der Waals surface area contributed by atoms with E-state index >= 15 is 0 Å². The number of aromatic nitrogens is 1. The third-order valence-corrected chi connectivity index (χ3v) is 11.4. The van der Waals surface area contributed by atoms with Gasteiger partial charge in [-0.15, -0.1) is 0 Å². The molecule has 4 saturated carbocycles. The Morgan fingerprint density at radius 1 is 0.618 bits per heavy atom. The Morgan fingerprint density at radius 2 is 1.35 bits per heavy atom. The largest absolute Gasteiger partial charge is 0.353 e. The van der Waals surface area contributed by atoms with Crippen LogP contribution in [-0.4, -0.2) is 4.98 Å². The number of rotatable bonds is 0. The molecule has 2 spiro atoms. The predicted molar refractivity (Wildman–Crippen MR) is 139 cm³/mol. The molecule has 1 heteroatoms. The van der Waals surface area contributed by atoms with Gasteiger partial charge in [-0.05, 0) is 83.3 Å². The number of benzene rings is 4. The predicted octanol–water partition coefficient (Wildman–Crippen LogP) is 8.20. The van der Waals surface area contributed by atoms with Crippen molar-refractivity contribution in [2.24, 2.45) is 29.1 Å². The average molecular weight is 438 g/mol. The second kappa shape index (κ2) is 5.28. The van der Waals surface area contributed by atoms with E-state index in [9.17, 15) is 0 Å². The number of fused-ring (bicyclic) bond motifs is 15. The van der Waals surface area contributed by atoms with Crippen LogP contribution in [-0.2, 0) is 5.41 Å². The summed E-state index contributed by atoms with van der Waals surface area (Å²) in [4.78, 5) is 3.98. The Bertz CT molecular complexity index is 1710. The molecule has 0 amide bonds. The summed E-state index contributed by atoms with van der Waals surface area (Å²) in [6.07, 6.45) is 7.51. The van der Waals surface area contributed by atoms with Crippen LogP contribution in [0.1, 0.15) is 43.2 Å². The summed E-state index contributed by atoms with van der Waals surface area (Å²) >= 11 is 0. The molecule has 10 rings (SSSR count). The summed E-state index contributed by atoms with van der Waals surface area (Å²) in [5, 5.41) is 5.40. The van der Waals surface area contributed by atoms with Gasteiger partial charge in [0.2, 0.25) is 0 Å². The van der Waals surface area contributed by atoms with Crippen LogP contribution < -0.4 is 0 Å². The van der Waals surface area contributed by atoms with Gasteiger partial charge in [-0.3, -0.25) is 0 Å². The molecule has 4 aromatic carbocycles.